The molecule has 0 fully saturated rings. The first kappa shape index (κ1) is 19.7. The Hall–Kier alpha value is -2.67. The Morgan fingerprint density at radius 3 is 2.27 bits per heavy atom. The molecule has 8 heteroatoms. The molecular weight excluding hydrogens is 368 g/mol. The van der Waals surface area contributed by atoms with Gasteiger partial charge in [0, 0.05) is 5.02 Å². The Morgan fingerprint density at radius 1 is 1.04 bits per heavy atom. The van der Waals surface area contributed by atoms with Crippen molar-refractivity contribution in [3.63, 3.8) is 0 Å². The molecule has 26 heavy (non-hydrogen) atoms. The monoisotopic (exact) mass is 383 g/mol. The van der Waals surface area contributed by atoms with Gasteiger partial charge in [0.05, 0.1) is 0 Å². The summed E-state index contributed by atoms with van der Waals surface area (Å²) in [5.41, 5.74) is -0.608. The van der Waals surface area contributed by atoms with Gasteiger partial charge in [0.2, 0.25) is 0 Å². The summed E-state index contributed by atoms with van der Waals surface area (Å²) < 4.78 is 37.5. The maximum Gasteiger partial charge on any atom is 0.347 e. The quantitative estimate of drug-likeness (QED) is 0.767. The molecule has 0 saturated heterocycles. The number of ether oxygens (including phenoxy) is 2. The molecule has 2 atom stereocenters. The van der Waals surface area contributed by atoms with E-state index in [2.05, 4.69) is 5.32 Å². The van der Waals surface area contributed by atoms with Gasteiger partial charge in [-0.2, -0.15) is 0 Å². The standard InChI is InChI=1S/C18H16ClF2NO4/c1-10(17(23)22-16-14(20)7-4-8-15(16)21)26-18(24)11(2)25-13-6-3-5-12(19)9-13/h3-11H,1-2H3,(H,22,23). The number of halogens is 3. The predicted molar refractivity (Wildman–Crippen MR) is 92.1 cm³/mol. The van der Waals surface area contributed by atoms with Crippen LogP contribution in [-0.2, 0) is 14.3 Å². The molecule has 0 spiro atoms. The third-order valence-electron chi connectivity index (χ3n) is 3.31. The van der Waals surface area contributed by atoms with E-state index in [4.69, 9.17) is 21.1 Å². The van der Waals surface area contributed by atoms with Gasteiger partial charge < -0.3 is 14.8 Å². The number of rotatable bonds is 6. The van der Waals surface area contributed by atoms with Gasteiger partial charge in [0.25, 0.3) is 5.91 Å². The van der Waals surface area contributed by atoms with Gasteiger partial charge in [-0.25, -0.2) is 13.6 Å². The molecule has 5 nitrogen and oxygen atoms in total. The molecule has 0 saturated carbocycles. The van der Waals surface area contributed by atoms with Crippen molar-refractivity contribution in [3.05, 3.63) is 59.1 Å². The van der Waals surface area contributed by atoms with Gasteiger partial charge >= 0.3 is 5.97 Å². The summed E-state index contributed by atoms with van der Waals surface area (Å²) >= 11 is 5.83. The third-order valence-corrected chi connectivity index (χ3v) is 3.55. The van der Waals surface area contributed by atoms with Gasteiger partial charge in [0.15, 0.2) is 12.2 Å². The normalized spacial score (nSPS) is 12.8. The summed E-state index contributed by atoms with van der Waals surface area (Å²) in [4.78, 5) is 24.0. The lowest BCUT2D eigenvalue weighted by Crippen LogP contribution is -2.35. The Bertz CT molecular complexity index is 795. The van der Waals surface area contributed by atoms with Gasteiger partial charge in [-0.15, -0.1) is 0 Å². The highest BCUT2D eigenvalue weighted by molar-refractivity contribution is 6.30. The number of carbonyl (C=O) groups is 2. The highest BCUT2D eigenvalue weighted by atomic mass is 35.5. The zero-order valence-corrected chi connectivity index (χ0v) is 14.7. The van der Waals surface area contributed by atoms with Crippen molar-refractivity contribution in [1.82, 2.24) is 0 Å². The molecule has 2 aromatic rings. The highest BCUT2D eigenvalue weighted by Crippen LogP contribution is 2.20. The van der Waals surface area contributed by atoms with E-state index in [1.807, 2.05) is 0 Å². The number of anilines is 1. The van der Waals surface area contributed by atoms with E-state index in [0.717, 1.165) is 12.1 Å². The zero-order valence-electron chi connectivity index (χ0n) is 14.0. The van der Waals surface area contributed by atoms with Crippen LogP contribution in [0.15, 0.2) is 42.5 Å². The molecule has 0 bridgehead atoms. The number of carbonyl (C=O) groups excluding carboxylic acids is 2. The number of nitrogens with one attached hydrogen (secondary N) is 1. The summed E-state index contributed by atoms with van der Waals surface area (Å²) in [6.07, 6.45) is -2.30. The highest BCUT2D eigenvalue weighted by Gasteiger charge is 2.24. The van der Waals surface area contributed by atoms with Crippen LogP contribution >= 0.6 is 11.6 Å². The molecule has 2 unspecified atom stereocenters. The smallest absolute Gasteiger partial charge is 0.347 e. The molecule has 0 aliphatic rings. The van der Waals surface area contributed by atoms with Crippen LogP contribution in [0.5, 0.6) is 5.75 Å². The summed E-state index contributed by atoms with van der Waals surface area (Å²) in [5, 5.41) is 2.49. The fraction of sp³-hybridized carbons (Fsp3) is 0.222. The summed E-state index contributed by atoms with van der Waals surface area (Å²) in [5.74, 6) is -3.21. The lowest BCUT2D eigenvalue weighted by Gasteiger charge is -2.18. The molecule has 1 amide bonds. The zero-order chi connectivity index (χ0) is 19.3. The Labute approximate surface area is 153 Å². The first-order valence-electron chi connectivity index (χ1n) is 7.65. The van der Waals surface area contributed by atoms with Crippen molar-refractivity contribution in [2.75, 3.05) is 5.32 Å². The van der Waals surface area contributed by atoms with Crippen LogP contribution in [0.3, 0.4) is 0 Å². The first-order valence-corrected chi connectivity index (χ1v) is 8.03. The maximum absolute atomic E-state index is 13.5. The van der Waals surface area contributed by atoms with E-state index in [9.17, 15) is 18.4 Å². The molecule has 2 aromatic carbocycles. The second-order valence-electron chi connectivity index (χ2n) is 5.38. The van der Waals surface area contributed by atoms with Gasteiger partial charge in [0.1, 0.15) is 23.1 Å². The van der Waals surface area contributed by atoms with E-state index in [-0.39, 0.29) is 0 Å². The lowest BCUT2D eigenvalue weighted by molar-refractivity contribution is -0.159. The molecule has 0 aromatic heterocycles. The SMILES string of the molecule is CC(OC(=O)C(C)Oc1cccc(Cl)c1)C(=O)Nc1c(F)cccc1F. The number of amides is 1. The van der Waals surface area contributed by atoms with Crippen LogP contribution in [-0.4, -0.2) is 24.1 Å². The van der Waals surface area contributed by atoms with E-state index in [0.29, 0.717) is 10.8 Å². The molecule has 0 radical (unpaired) electrons. The van der Waals surface area contributed by atoms with Gasteiger partial charge in [-0.3, -0.25) is 4.79 Å². The van der Waals surface area contributed by atoms with E-state index in [1.54, 1.807) is 18.2 Å². The van der Waals surface area contributed by atoms with E-state index < -0.39 is 41.4 Å². The molecule has 0 aliphatic carbocycles. The number of hydrogen-bond acceptors (Lipinski definition) is 4. The molecule has 138 valence electrons. The molecule has 2 rings (SSSR count). The van der Waals surface area contributed by atoms with Gasteiger partial charge in [-0.05, 0) is 44.2 Å². The second kappa shape index (κ2) is 8.62. The summed E-state index contributed by atoms with van der Waals surface area (Å²) in [6.45, 7) is 2.71. The van der Waals surface area contributed by atoms with Crippen LogP contribution in [0.1, 0.15) is 13.8 Å². The molecule has 0 heterocycles. The van der Waals surface area contributed by atoms with Crippen molar-refractivity contribution in [2.24, 2.45) is 0 Å². The summed E-state index contributed by atoms with van der Waals surface area (Å²) in [7, 11) is 0. The average Bonchev–Trinajstić information content (AvgIpc) is 2.58. The Kier molecular flexibility index (Phi) is 6.52. The van der Waals surface area contributed by atoms with Gasteiger partial charge in [-0.1, -0.05) is 23.7 Å². The minimum absolute atomic E-state index is 0.354. The number of para-hydroxylation sites is 1. The fourth-order valence-corrected chi connectivity index (χ4v) is 2.14. The van der Waals surface area contributed by atoms with Crippen molar-refractivity contribution < 1.29 is 27.8 Å². The maximum atomic E-state index is 13.5. The van der Waals surface area contributed by atoms with Crippen LogP contribution < -0.4 is 10.1 Å². The molecular formula is C18H16ClF2NO4. The topological polar surface area (TPSA) is 64.6 Å². The molecule has 0 aliphatic heterocycles. The lowest BCUT2D eigenvalue weighted by atomic mass is 10.2. The third kappa shape index (κ3) is 5.16. The number of benzene rings is 2. The number of esters is 1. The fourth-order valence-electron chi connectivity index (χ4n) is 1.96. The number of hydrogen-bond donors (Lipinski definition) is 1. The molecule has 1 N–H and O–H groups in total. The largest absolute Gasteiger partial charge is 0.479 e. The minimum atomic E-state index is -1.29. The minimum Gasteiger partial charge on any atom is -0.479 e. The average molecular weight is 384 g/mol. The van der Waals surface area contributed by atoms with Crippen molar-refractivity contribution >= 4 is 29.2 Å². The first-order chi connectivity index (χ1) is 12.3. The van der Waals surface area contributed by atoms with E-state index in [1.165, 1.54) is 26.0 Å². The van der Waals surface area contributed by atoms with Crippen molar-refractivity contribution in [1.29, 1.82) is 0 Å². The van der Waals surface area contributed by atoms with Crippen LogP contribution in [0.2, 0.25) is 5.02 Å². The van der Waals surface area contributed by atoms with Crippen LogP contribution in [0.4, 0.5) is 14.5 Å². The Morgan fingerprint density at radius 2 is 1.65 bits per heavy atom. The van der Waals surface area contributed by atoms with Crippen molar-refractivity contribution in [2.45, 2.75) is 26.1 Å². The van der Waals surface area contributed by atoms with Crippen LogP contribution in [0.25, 0.3) is 0 Å². The summed E-state index contributed by atoms with van der Waals surface area (Å²) in [6, 6.07) is 9.57. The van der Waals surface area contributed by atoms with E-state index >= 15 is 0 Å². The second-order valence-corrected chi connectivity index (χ2v) is 5.82. The van der Waals surface area contributed by atoms with Crippen LogP contribution in [0, 0.1) is 11.6 Å². The van der Waals surface area contributed by atoms with Crippen molar-refractivity contribution in [3.8, 4) is 5.75 Å². The predicted octanol–water partition coefficient (Wildman–Crippen LogP) is 3.96. The Balaban J connectivity index is 1.94.